The number of aromatic nitrogens is 2. The molecule has 10 heteroatoms. The molecule has 0 aliphatic carbocycles. The number of hydrogen-bond acceptors (Lipinski definition) is 9. The summed E-state index contributed by atoms with van der Waals surface area (Å²) in [5.41, 5.74) is -0.00617. The third-order valence-electron chi connectivity index (χ3n) is 3.23. The van der Waals surface area contributed by atoms with Gasteiger partial charge in [0.15, 0.2) is 12.4 Å². The van der Waals surface area contributed by atoms with Crippen LogP contribution in [0, 0.1) is 10.1 Å². The number of nitro benzene ring substituents is 1. The maximum absolute atomic E-state index is 12.1. The van der Waals surface area contributed by atoms with Crippen molar-refractivity contribution in [1.29, 1.82) is 0 Å². The van der Waals surface area contributed by atoms with Crippen molar-refractivity contribution in [1.82, 2.24) is 10.2 Å². The predicted octanol–water partition coefficient (Wildman–Crippen LogP) is 3.46. The molecule has 0 spiro atoms. The third kappa shape index (κ3) is 4.28. The fourth-order valence-electron chi connectivity index (χ4n) is 1.96. The summed E-state index contributed by atoms with van der Waals surface area (Å²) in [6, 6.07) is 9.30. The van der Waals surface area contributed by atoms with Gasteiger partial charge in [0.1, 0.15) is 5.25 Å². The van der Waals surface area contributed by atoms with E-state index in [1.165, 1.54) is 30.2 Å². The summed E-state index contributed by atoms with van der Waals surface area (Å²) in [6.07, 6.45) is 1.48. The van der Waals surface area contributed by atoms with Crippen LogP contribution in [0.15, 0.2) is 56.4 Å². The van der Waals surface area contributed by atoms with Crippen LogP contribution in [0.3, 0.4) is 0 Å². The lowest BCUT2D eigenvalue weighted by Crippen LogP contribution is -2.16. The van der Waals surface area contributed by atoms with Gasteiger partial charge in [-0.05, 0) is 31.2 Å². The average molecular weight is 375 g/mol. The normalized spacial score (nSPS) is 11.9. The van der Waals surface area contributed by atoms with Crippen molar-refractivity contribution >= 4 is 23.4 Å². The van der Waals surface area contributed by atoms with Crippen LogP contribution in [-0.2, 0) is 16.1 Å². The quantitative estimate of drug-likeness (QED) is 0.264. The highest BCUT2D eigenvalue weighted by Gasteiger charge is 2.18. The lowest BCUT2D eigenvalue weighted by molar-refractivity contribution is -0.384. The molecule has 2 heterocycles. The molecule has 1 aromatic carbocycles. The molecule has 134 valence electrons. The Kier molecular flexibility index (Phi) is 5.32. The van der Waals surface area contributed by atoms with Gasteiger partial charge in [-0.25, -0.2) is 0 Å². The van der Waals surface area contributed by atoms with Crippen molar-refractivity contribution in [3.63, 3.8) is 0 Å². The van der Waals surface area contributed by atoms with Crippen molar-refractivity contribution in [2.45, 2.75) is 23.7 Å². The maximum Gasteiger partial charge on any atom is 0.319 e. The van der Waals surface area contributed by atoms with Crippen molar-refractivity contribution in [3.05, 3.63) is 58.7 Å². The average Bonchev–Trinajstić information content (AvgIpc) is 3.31. The van der Waals surface area contributed by atoms with Crippen LogP contribution in [0.2, 0.25) is 0 Å². The van der Waals surface area contributed by atoms with Crippen LogP contribution >= 0.6 is 11.8 Å². The van der Waals surface area contributed by atoms with E-state index in [9.17, 15) is 14.9 Å². The number of rotatable bonds is 7. The molecule has 0 radical (unpaired) electrons. The number of furan rings is 1. The van der Waals surface area contributed by atoms with Crippen LogP contribution in [0.5, 0.6) is 0 Å². The lowest BCUT2D eigenvalue weighted by Gasteiger charge is -2.09. The smallest absolute Gasteiger partial charge is 0.319 e. The van der Waals surface area contributed by atoms with Crippen molar-refractivity contribution in [3.8, 4) is 11.7 Å². The monoisotopic (exact) mass is 375 g/mol. The molecule has 2 aromatic heterocycles. The Morgan fingerprint density at radius 1 is 1.31 bits per heavy atom. The van der Waals surface area contributed by atoms with Crippen LogP contribution in [0.25, 0.3) is 11.7 Å². The first-order valence-electron chi connectivity index (χ1n) is 7.47. The van der Waals surface area contributed by atoms with E-state index in [1.54, 1.807) is 31.2 Å². The predicted molar refractivity (Wildman–Crippen MR) is 90.2 cm³/mol. The molecular formula is C16H13N3O6S. The Morgan fingerprint density at radius 3 is 2.73 bits per heavy atom. The topological polar surface area (TPSA) is 122 Å². The minimum atomic E-state index is -0.510. The van der Waals surface area contributed by atoms with Gasteiger partial charge in [-0.3, -0.25) is 14.9 Å². The van der Waals surface area contributed by atoms with E-state index in [-0.39, 0.29) is 24.1 Å². The Morgan fingerprint density at radius 2 is 2.08 bits per heavy atom. The molecular weight excluding hydrogens is 362 g/mol. The molecule has 1 atom stereocenters. The van der Waals surface area contributed by atoms with E-state index >= 15 is 0 Å². The maximum atomic E-state index is 12.1. The summed E-state index contributed by atoms with van der Waals surface area (Å²) in [6.45, 7) is 1.52. The number of thioether (sulfide) groups is 1. The third-order valence-corrected chi connectivity index (χ3v) is 4.32. The molecule has 0 saturated carbocycles. The Labute approximate surface area is 151 Å². The fourth-order valence-corrected chi connectivity index (χ4v) is 2.83. The Hall–Kier alpha value is -3.14. The molecule has 0 aliphatic heterocycles. The van der Waals surface area contributed by atoms with E-state index in [1.807, 2.05) is 0 Å². The summed E-state index contributed by atoms with van der Waals surface area (Å²) in [5.74, 6) is 0.315. The zero-order valence-corrected chi connectivity index (χ0v) is 14.3. The molecule has 9 nitrogen and oxygen atoms in total. The van der Waals surface area contributed by atoms with E-state index in [2.05, 4.69) is 10.2 Å². The van der Waals surface area contributed by atoms with Gasteiger partial charge >= 0.3 is 5.97 Å². The zero-order chi connectivity index (χ0) is 18.5. The van der Waals surface area contributed by atoms with Crippen molar-refractivity contribution < 1.29 is 23.3 Å². The second-order valence-electron chi connectivity index (χ2n) is 5.10. The van der Waals surface area contributed by atoms with Crippen LogP contribution in [0.4, 0.5) is 5.69 Å². The largest absolute Gasteiger partial charge is 0.459 e. The first-order chi connectivity index (χ1) is 12.5. The SMILES string of the molecule is C[C@H](Sc1ccc([N+](=O)[O-])cc1)C(=O)OCc1nnc(-c2ccco2)o1. The number of ether oxygens (including phenoxy) is 1. The Bertz CT molecular complexity index is 891. The van der Waals surface area contributed by atoms with Gasteiger partial charge in [-0.1, -0.05) is 0 Å². The summed E-state index contributed by atoms with van der Waals surface area (Å²) in [5, 5.41) is 17.7. The van der Waals surface area contributed by atoms with E-state index in [4.69, 9.17) is 13.6 Å². The molecule has 3 rings (SSSR count). The standard InChI is InChI=1S/C16H13N3O6S/c1-10(26-12-6-4-11(5-7-12)19(21)22)16(20)24-9-14-17-18-15(25-14)13-3-2-8-23-13/h2-8,10H,9H2,1H3/t10-/m0/s1. The van der Waals surface area contributed by atoms with Gasteiger partial charge in [0.25, 0.3) is 17.5 Å². The molecule has 3 aromatic rings. The highest BCUT2D eigenvalue weighted by molar-refractivity contribution is 8.00. The van der Waals surface area contributed by atoms with Crippen LogP contribution in [-0.4, -0.2) is 26.3 Å². The molecule has 0 amide bonds. The van der Waals surface area contributed by atoms with Gasteiger partial charge in [0.05, 0.1) is 11.2 Å². The van der Waals surface area contributed by atoms with Gasteiger partial charge < -0.3 is 13.6 Å². The highest BCUT2D eigenvalue weighted by atomic mass is 32.2. The highest BCUT2D eigenvalue weighted by Crippen LogP contribution is 2.26. The van der Waals surface area contributed by atoms with Crippen molar-refractivity contribution in [2.24, 2.45) is 0 Å². The molecule has 0 N–H and O–H groups in total. The number of carbonyl (C=O) groups excluding carboxylic acids is 1. The summed E-state index contributed by atoms with van der Waals surface area (Å²) in [7, 11) is 0. The minimum absolute atomic E-state index is 0.00617. The molecule has 0 saturated heterocycles. The molecule has 26 heavy (non-hydrogen) atoms. The second kappa shape index (κ2) is 7.83. The summed E-state index contributed by atoms with van der Waals surface area (Å²) in [4.78, 5) is 23.0. The number of carbonyl (C=O) groups is 1. The van der Waals surface area contributed by atoms with E-state index < -0.39 is 16.1 Å². The minimum Gasteiger partial charge on any atom is -0.459 e. The van der Waals surface area contributed by atoms with Gasteiger partial charge in [0.2, 0.25) is 0 Å². The number of non-ortho nitro benzene ring substituents is 1. The van der Waals surface area contributed by atoms with E-state index in [0.29, 0.717) is 5.76 Å². The van der Waals surface area contributed by atoms with Crippen molar-refractivity contribution in [2.75, 3.05) is 0 Å². The lowest BCUT2D eigenvalue weighted by atomic mass is 10.3. The second-order valence-corrected chi connectivity index (χ2v) is 6.51. The number of nitrogens with zero attached hydrogens (tertiary/aromatic N) is 3. The first kappa shape index (κ1) is 17.7. The van der Waals surface area contributed by atoms with E-state index in [0.717, 1.165) is 4.90 Å². The summed E-state index contributed by atoms with van der Waals surface area (Å²) >= 11 is 1.23. The Balaban J connectivity index is 1.52. The van der Waals surface area contributed by atoms with Gasteiger partial charge in [-0.15, -0.1) is 22.0 Å². The van der Waals surface area contributed by atoms with Gasteiger partial charge in [-0.2, -0.15) is 0 Å². The molecule has 0 unspecified atom stereocenters. The number of benzene rings is 1. The number of nitro groups is 1. The van der Waals surface area contributed by atoms with Crippen LogP contribution < -0.4 is 0 Å². The molecule has 0 fully saturated rings. The van der Waals surface area contributed by atoms with Crippen LogP contribution in [0.1, 0.15) is 12.8 Å². The number of hydrogen-bond donors (Lipinski definition) is 0. The van der Waals surface area contributed by atoms with Gasteiger partial charge in [0, 0.05) is 17.0 Å². The zero-order valence-electron chi connectivity index (χ0n) is 13.5. The number of esters is 1. The summed E-state index contributed by atoms with van der Waals surface area (Å²) < 4.78 is 15.6. The molecule has 0 bridgehead atoms. The molecule has 0 aliphatic rings. The first-order valence-corrected chi connectivity index (χ1v) is 8.35. The fraction of sp³-hybridized carbons (Fsp3) is 0.188.